The quantitative estimate of drug-likeness (QED) is 0.156. The second kappa shape index (κ2) is 10.8. The molecule has 1 aromatic heterocycles. The molecule has 0 aliphatic heterocycles. The van der Waals surface area contributed by atoms with Gasteiger partial charge in [0.15, 0.2) is 0 Å². The number of aromatic nitrogens is 2. The number of imidazole rings is 1. The molecule has 1 unspecified atom stereocenters. The monoisotopic (exact) mass is 473 g/mol. The first-order chi connectivity index (χ1) is 17.0. The summed E-state index contributed by atoms with van der Waals surface area (Å²) in [5.41, 5.74) is 3.05. The molecule has 35 heavy (non-hydrogen) atoms. The number of aliphatic carboxylic acids is 1. The number of nitro benzene ring substituents is 1. The summed E-state index contributed by atoms with van der Waals surface area (Å²) in [6, 6.07) is 21.8. The number of rotatable bonds is 11. The van der Waals surface area contributed by atoms with E-state index >= 15 is 0 Å². The van der Waals surface area contributed by atoms with Crippen LogP contribution < -0.4 is 4.74 Å². The molecule has 8 nitrogen and oxygen atoms in total. The number of hydrogen-bond acceptors (Lipinski definition) is 5. The molecule has 0 aliphatic rings. The van der Waals surface area contributed by atoms with E-state index in [0.29, 0.717) is 36.7 Å². The molecule has 0 radical (unpaired) electrons. The highest BCUT2D eigenvalue weighted by molar-refractivity contribution is 5.84. The molecule has 1 atom stereocenters. The summed E-state index contributed by atoms with van der Waals surface area (Å²) in [7, 11) is 0. The number of benzene rings is 3. The fourth-order valence-corrected chi connectivity index (χ4v) is 4.12. The molecule has 4 aromatic rings. The van der Waals surface area contributed by atoms with Crippen LogP contribution in [0.15, 0.2) is 72.8 Å². The van der Waals surface area contributed by atoms with Crippen LogP contribution in [0.25, 0.3) is 28.1 Å². The van der Waals surface area contributed by atoms with Crippen LogP contribution in [-0.2, 0) is 4.79 Å². The standard InChI is InChI=1S/C27H27N3O5/c1-2-19(27(31)32)9-6-7-16-35-23-14-15-24-25(18-23)29(21-12-8-13-22(17-21)30(33)34)26(28-24)20-10-4-3-5-11-20/h3-5,8,10-15,17-19H,2,6-7,9,16H2,1H3,(H,31,32). The number of non-ortho nitro benzene ring substituents is 1. The van der Waals surface area contributed by atoms with E-state index in [1.807, 2.05) is 66.1 Å². The summed E-state index contributed by atoms with van der Waals surface area (Å²) < 4.78 is 7.87. The smallest absolute Gasteiger partial charge is 0.306 e. The van der Waals surface area contributed by atoms with E-state index in [1.54, 1.807) is 6.07 Å². The van der Waals surface area contributed by atoms with E-state index in [9.17, 15) is 20.0 Å². The number of carboxylic acids is 1. The third-order valence-electron chi connectivity index (χ3n) is 6.01. The second-order valence-corrected chi connectivity index (χ2v) is 8.35. The number of carboxylic acid groups (broad SMARTS) is 1. The lowest BCUT2D eigenvalue weighted by Gasteiger charge is -2.11. The maximum absolute atomic E-state index is 11.4. The number of carbonyl (C=O) groups is 1. The van der Waals surface area contributed by atoms with Gasteiger partial charge < -0.3 is 9.84 Å². The Morgan fingerprint density at radius 1 is 1.09 bits per heavy atom. The van der Waals surface area contributed by atoms with Gasteiger partial charge >= 0.3 is 5.97 Å². The van der Waals surface area contributed by atoms with Crippen molar-refractivity contribution in [3.63, 3.8) is 0 Å². The molecular formula is C27H27N3O5. The normalized spacial score (nSPS) is 11.9. The highest BCUT2D eigenvalue weighted by Crippen LogP contribution is 2.32. The molecule has 1 heterocycles. The van der Waals surface area contributed by atoms with Crippen LogP contribution in [0.2, 0.25) is 0 Å². The number of nitro groups is 1. The Kier molecular flexibility index (Phi) is 7.40. The fourth-order valence-electron chi connectivity index (χ4n) is 4.12. The van der Waals surface area contributed by atoms with Crippen LogP contribution in [-0.4, -0.2) is 32.2 Å². The number of ether oxygens (including phenoxy) is 1. The molecule has 0 fully saturated rings. The SMILES string of the molecule is CCC(CCCCOc1ccc2nc(-c3ccccc3)n(-c3cccc([N+](=O)[O-])c3)c2c1)C(=O)O. The van der Waals surface area contributed by atoms with Crippen molar-refractivity contribution < 1.29 is 19.6 Å². The lowest BCUT2D eigenvalue weighted by Crippen LogP contribution is -2.12. The van der Waals surface area contributed by atoms with E-state index < -0.39 is 10.9 Å². The predicted octanol–water partition coefficient (Wildman–Crippen LogP) is 6.26. The van der Waals surface area contributed by atoms with E-state index in [2.05, 4.69) is 0 Å². The molecule has 0 saturated carbocycles. The van der Waals surface area contributed by atoms with Gasteiger partial charge in [-0.15, -0.1) is 0 Å². The zero-order valence-corrected chi connectivity index (χ0v) is 19.5. The Labute approximate surface area is 203 Å². The van der Waals surface area contributed by atoms with Crippen LogP contribution in [0.5, 0.6) is 5.75 Å². The average Bonchev–Trinajstić information content (AvgIpc) is 3.25. The largest absolute Gasteiger partial charge is 0.494 e. The zero-order valence-electron chi connectivity index (χ0n) is 19.5. The minimum absolute atomic E-state index is 0.00232. The summed E-state index contributed by atoms with van der Waals surface area (Å²) in [6.07, 6.45) is 2.78. The van der Waals surface area contributed by atoms with Gasteiger partial charge in [0, 0.05) is 23.8 Å². The fraction of sp³-hybridized carbons (Fsp3) is 0.259. The third kappa shape index (κ3) is 5.48. The van der Waals surface area contributed by atoms with Gasteiger partial charge in [-0.05, 0) is 43.9 Å². The van der Waals surface area contributed by atoms with E-state index in [1.165, 1.54) is 12.1 Å². The van der Waals surface area contributed by atoms with Gasteiger partial charge in [-0.3, -0.25) is 19.5 Å². The van der Waals surface area contributed by atoms with Gasteiger partial charge in [-0.2, -0.15) is 0 Å². The van der Waals surface area contributed by atoms with Crippen LogP contribution in [0.3, 0.4) is 0 Å². The van der Waals surface area contributed by atoms with Crippen molar-refractivity contribution in [2.45, 2.75) is 32.6 Å². The lowest BCUT2D eigenvalue weighted by atomic mass is 10.00. The zero-order chi connectivity index (χ0) is 24.8. The van der Waals surface area contributed by atoms with Gasteiger partial charge in [-0.1, -0.05) is 43.3 Å². The number of nitrogens with zero attached hydrogens (tertiary/aromatic N) is 3. The minimum Gasteiger partial charge on any atom is -0.494 e. The highest BCUT2D eigenvalue weighted by Gasteiger charge is 2.17. The van der Waals surface area contributed by atoms with Gasteiger partial charge in [-0.25, -0.2) is 4.98 Å². The molecular weight excluding hydrogens is 446 g/mol. The molecule has 0 aliphatic carbocycles. The second-order valence-electron chi connectivity index (χ2n) is 8.35. The van der Waals surface area contributed by atoms with Crippen LogP contribution >= 0.6 is 0 Å². The highest BCUT2D eigenvalue weighted by atomic mass is 16.6. The van der Waals surface area contributed by atoms with Crippen LogP contribution in [0.1, 0.15) is 32.6 Å². The van der Waals surface area contributed by atoms with E-state index in [4.69, 9.17) is 9.72 Å². The van der Waals surface area contributed by atoms with Crippen molar-refractivity contribution in [1.29, 1.82) is 0 Å². The van der Waals surface area contributed by atoms with Crippen molar-refractivity contribution in [2.24, 2.45) is 5.92 Å². The summed E-state index contributed by atoms with van der Waals surface area (Å²) in [5.74, 6) is 0.279. The Morgan fingerprint density at radius 2 is 1.89 bits per heavy atom. The Balaban J connectivity index is 1.63. The maximum atomic E-state index is 11.4. The van der Waals surface area contributed by atoms with Gasteiger partial charge in [0.25, 0.3) is 5.69 Å². The Morgan fingerprint density at radius 3 is 2.60 bits per heavy atom. The molecule has 0 saturated heterocycles. The van der Waals surface area contributed by atoms with Crippen molar-refractivity contribution in [2.75, 3.05) is 6.61 Å². The number of unbranched alkanes of at least 4 members (excludes halogenated alkanes) is 1. The van der Waals surface area contributed by atoms with Gasteiger partial charge in [0.2, 0.25) is 0 Å². The van der Waals surface area contributed by atoms with Gasteiger partial charge in [0.05, 0.1) is 34.2 Å². The lowest BCUT2D eigenvalue weighted by molar-refractivity contribution is -0.384. The van der Waals surface area contributed by atoms with E-state index in [-0.39, 0.29) is 11.6 Å². The third-order valence-corrected chi connectivity index (χ3v) is 6.01. The average molecular weight is 474 g/mol. The summed E-state index contributed by atoms with van der Waals surface area (Å²) in [4.78, 5) is 27.0. The molecule has 4 rings (SSSR count). The van der Waals surface area contributed by atoms with Crippen LogP contribution in [0.4, 0.5) is 5.69 Å². The summed E-state index contributed by atoms with van der Waals surface area (Å²) in [6.45, 7) is 2.36. The van der Waals surface area contributed by atoms with Crippen molar-refractivity contribution in [3.8, 4) is 22.8 Å². The Hall–Kier alpha value is -4.20. The van der Waals surface area contributed by atoms with Crippen molar-refractivity contribution in [3.05, 3.63) is 82.9 Å². The molecule has 0 spiro atoms. The maximum Gasteiger partial charge on any atom is 0.306 e. The molecule has 0 bridgehead atoms. The summed E-state index contributed by atoms with van der Waals surface area (Å²) >= 11 is 0. The molecule has 0 amide bonds. The predicted molar refractivity (Wildman–Crippen MR) is 134 cm³/mol. The Bertz CT molecular complexity index is 1330. The first kappa shape index (κ1) is 23.9. The summed E-state index contributed by atoms with van der Waals surface area (Å²) in [5, 5.41) is 20.6. The van der Waals surface area contributed by atoms with E-state index in [0.717, 1.165) is 29.4 Å². The molecule has 1 N–H and O–H groups in total. The number of fused-ring (bicyclic) bond motifs is 1. The molecule has 180 valence electrons. The van der Waals surface area contributed by atoms with Gasteiger partial charge in [0.1, 0.15) is 11.6 Å². The number of hydrogen-bond donors (Lipinski definition) is 1. The first-order valence-corrected chi connectivity index (χ1v) is 11.7. The topological polar surface area (TPSA) is 107 Å². The van der Waals surface area contributed by atoms with Crippen molar-refractivity contribution in [1.82, 2.24) is 9.55 Å². The minimum atomic E-state index is -0.748. The molecule has 3 aromatic carbocycles. The molecule has 8 heteroatoms. The van der Waals surface area contributed by atoms with Crippen LogP contribution in [0, 0.1) is 16.0 Å². The first-order valence-electron chi connectivity index (χ1n) is 11.7. The van der Waals surface area contributed by atoms with Crippen molar-refractivity contribution >= 4 is 22.7 Å².